The van der Waals surface area contributed by atoms with E-state index in [1.54, 1.807) is 18.6 Å². The van der Waals surface area contributed by atoms with Crippen molar-refractivity contribution in [2.24, 2.45) is 5.16 Å². The number of nitrogens with two attached hydrogens (primary N) is 1. The van der Waals surface area contributed by atoms with Gasteiger partial charge in [-0.05, 0) is 6.26 Å². The van der Waals surface area contributed by atoms with Crippen LogP contribution in [0.25, 0.3) is 0 Å². The number of hydrogen-bond donors (Lipinski definition) is 2. The van der Waals surface area contributed by atoms with Gasteiger partial charge in [0.25, 0.3) is 11.8 Å². The van der Waals surface area contributed by atoms with Gasteiger partial charge in [0.2, 0.25) is 0 Å². The molecule has 4 heterocycles. The van der Waals surface area contributed by atoms with E-state index in [9.17, 15) is 19.5 Å². The number of halogens is 1. The summed E-state index contributed by atoms with van der Waals surface area (Å²) >= 11 is 9.80. The third-order valence-corrected chi connectivity index (χ3v) is 7.81. The second kappa shape index (κ2) is 10.8. The lowest BCUT2D eigenvalue weighted by atomic mass is 10.0. The van der Waals surface area contributed by atoms with Crippen LogP contribution in [-0.2, 0) is 25.8 Å². The molecule has 1 saturated heterocycles. The largest absolute Gasteiger partial charge is 0.543 e. The number of carbonyl (C=O) groups excluding carboxylic acids is 3. The maximum absolute atomic E-state index is 13.1. The van der Waals surface area contributed by atoms with Gasteiger partial charge < -0.3 is 25.8 Å². The smallest absolute Gasteiger partial charge is 0.276 e. The summed E-state index contributed by atoms with van der Waals surface area (Å²) in [6.07, 6.45) is 5.39. The normalized spacial score (nSPS) is 19.8. The summed E-state index contributed by atoms with van der Waals surface area (Å²) in [5.74, 6) is -2.25. The van der Waals surface area contributed by atoms with Crippen LogP contribution in [0.5, 0.6) is 0 Å². The van der Waals surface area contributed by atoms with Crippen molar-refractivity contribution in [1.82, 2.24) is 15.2 Å². The molecule has 2 aliphatic rings. The lowest BCUT2D eigenvalue weighted by molar-refractivity contribution is -0.689. The van der Waals surface area contributed by atoms with Crippen LogP contribution in [0.15, 0.2) is 47.0 Å². The monoisotopic (exact) mass is 554 g/mol. The van der Waals surface area contributed by atoms with Gasteiger partial charge in [0.05, 0.1) is 11.7 Å². The maximum atomic E-state index is 13.1. The van der Waals surface area contributed by atoms with Crippen molar-refractivity contribution in [2.45, 2.75) is 18.0 Å². The lowest BCUT2D eigenvalue weighted by Gasteiger charge is -2.50. The fraction of sp³-hybridized carbons (Fsp3) is 0.300. The third kappa shape index (κ3) is 5.24. The second-order valence-corrected chi connectivity index (χ2v) is 10.8. The van der Waals surface area contributed by atoms with Gasteiger partial charge >= 0.3 is 0 Å². The zero-order valence-corrected chi connectivity index (χ0v) is 21.4. The standard InChI is InChI=1S/C20H19ClN6O5S3/c1-33-9-32-25-12(11-15(21)35-20(22)24-11)16(28)23-13-17(29)27-14(19(30)31)10(8-34-18(13)27)7-26-5-3-2-4-6-26/h2-6,13,18H,7-9H2,1H3,(H3-,22,23,24,28,30,31)/t13?,18-/m0/s1. The van der Waals surface area contributed by atoms with E-state index in [0.717, 1.165) is 16.2 Å². The minimum atomic E-state index is -1.45. The van der Waals surface area contributed by atoms with Gasteiger partial charge in [-0.15, -0.1) is 23.5 Å². The number of fused-ring (bicyclic) bond motifs is 1. The number of amides is 2. The summed E-state index contributed by atoms with van der Waals surface area (Å²) in [6.45, 7) is 0.290. The minimum absolute atomic E-state index is 0.0326. The zero-order valence-electron chi connectivity index (χ0n) is 18.2. The lowest BCUT2D eigenvalue weighted by Crippen LogP contribution is -2.71. The molecule has 0 spiro atoms. The number of aromatic nitrogens is 2. The Morgan fingerprint density at radius 1 is 1.43 bits per heavy atom. The molecule has 1 unspecified atom stereocenters. The third-order valence-electron chi connectivity index (χ3n) is 5.05. The Morgan fingerprint density at radius 2 is 2.17 bits per heavy atom. The number of anilines is 1. The molecule has 4 rings (SSSR count). The molecule has 2 amide bonds. The van der Waals surface area contributed by atoms with Gasteiger partial charge in [-0.25, -0.2) is 9.55 Å². The van der Waals surface area contributed by atoms with Gasteiger partial charge in [-0.3, -0.25) is 14.5 Å². The molecule has 2 aromatic rings. The van der Waals surface area contributed by atoms with E-state index < -0.39 is 29.2 Å². The molecule has 0 aromatic carbocycles. The maximum Gasteiger partial charge on any atom is 0.276 e. The number of carboxylic acids is 1. The predicted molar refractivity (Wildman–Crippen MR) is 131 cm³/mol. The first-order valence-electron chi connectivity index (χ1n) is 10.1. The molecule has 1 fully saturated rings. The van der Waals surface area contributed by atoms with E-state index in [1.807, 2.05) is 22.8 Å². The Hall–Kier alpha value is -2.81. The van der Waals surface area contributed by atoms with E-state index >= 15 is 0 Å². The summed E-state index contributed by atoms with van der Waals surface area (Å²) < 4.78 is 1.95. The molecule has 11 nitrogen and oxygen atoms in total. The number of pyridine rings is 1. The number of carboxylic acid groups (broad SMARTS) is 1. The summed E-state index contributed by atoms with van der Waals surface area (Å²) in [4.78, 5) is 48.3. The van der Waals surface area contributed by atoms with Gasteiger partial charge in [0.1, 0.15) is 21.4 Å². The number of aliphatic carboxylic acids is 1. The molecular formula is C20H19ClN6O5S3. The van der Waals surface area contributed by atoms with Crippen LogP contribution < -0.4 is 20.7 Å². The Bertz CT molecular complexity index is 1220. The Kier molecular flexibility index (Phi) is 7.84. The summed E-state index contributed by atoms with van der Waals surface area (Å²) in [6, 6.07) is 4.51. The molecule has 184 valence electrons. The summed E-state index contributed by atoms with van der Waals surface area (Å²) in [7, 11) is 0. The molecule has 0 saturated carbocycles. The number of rotatable bonds is 9. The highest BCUT2D eigenvalue weighted by atomic mass is 35.5. The number of carbonyl (C=O) groups is 3. The predicted octanol–water partition coefficient (Wildman–Crippen LogP) is -0.188. The molecule has 0 bridgehead atoms. The van der Waals surface area contributed by atoms with Crippen LogP contribution in [0.1, 0.15) is 5.69 Å². The highest BCUT2D eigenvalue weighted by Gasteiger charge is 2.53. The first kappa shape index (κ1) is 25.3. The number of nitrogens with one attached hydrogen (secondary N) is 1. The molecule has 2 aliphatic heterocycles. The first-order valence-corrected chi connectivity index (χ1v) is 13.7. The van der Waals surface area contributed by atoms with Gasteiger partial charge in [-0.2, -0.15) is 0 Å². The number of oxime groups is 1. The molecule has 0 aliphatic carbocycles. The fourth-order valence-electron chi connectivity index (χ4n) is 3.56. The second-order valence-electron chi connectivity index (χ2n) is 7.30. The number of β-lactam (4-membered cyclic amide) rings is 1. The highest BCUT2D eigenvalue weighted by molar-refractivity contribution is 8.00. The van der Waals surface area contributed by atoms with Crippen molar-refractivity contribution in [2.75, 3.05) is 23.7 Å². The zero-order chi connectivity index (χ0) is 25.1. The summed E-state index contributed by atoms with van der Waals surface area (Å²) in [5.41, 5.74) is 5.86. The van der Waals surface area contributed by atoms with Gasteiger partial charge in [-0.1, -0.05) is 34.2 Å². The average molecular weight is 555 g/mol. The Labute approximate surface area is 217 Å². The van der Waals surface area contributed by atoms with Crippen LogP contribution >= 0.6 is 46.5 Å². The first-order chi connectivity index (χ1) is 16.8. The average Bonchev–Trinajstić information content (AvgIpc) is 3.17. The number of nitrogens with zero attached hydrogens (tertiary/aromatic N) is 4. The van der Waals surface area contributed by atoms with E-state index in [0.29, 0.717) is 11.3 Å². The van der Waals surface area contributed by atoms with Gasteiger partial charge in [0.15, 0.2) is 35.7 Å². The molecule has 35 heavy (non-hydrogen) atoms. The molecule has 15 heteroatoms. The van der Waals surface area contributed by atoms with Crippen LogP contribution in [0.2, 0.25) is 4.34 Å². The topological polar surface area (TPSA) is 154 Å². The molecule has 3 N–H and O–H groups in total. The summed E-state index contributed by atoms with van der Waals surface area (Å²) in [5, 5.41) is 17.9. The van der Waals surface area contributed by atoms with Crippen molar-refractivity contribution in [3.05, 3.63) is 51.9 Å². The van der Waals surface area contributed by atoms with E-state index in [4.69, 9.17) is 22.2 Å². The van der Waals surface area contributed by atoms with Crippen molar-refractivity contribution in [3.63, 3.8) is 0 Å². The van der Waals surface area contributed by atoms with Crippen molar-refractivity contribution >= 4 is 75.1 Å². The molecule has 2 aromatic heterocycles. The fourth-order valence-corrected chi connectivity index (χ4v) is 5.98. The van der Waals surface area contributed by atoms with Crippen LogP contribution in [0.3, 0.4) is 0 Å². The van der Waals surface area contributed by atoms with Crippen LogP contribution in [-0.4, -0.2) is 62.7 Å². The quantitative estimate of drug-likeness (QED) is 0.107. The van der Waals surface area contributed by atoms with E-state index in [1.165, 1.54) is 23.5 Å². The molecular weight excluding hydrogens is 536 g/mol. The van der Waals surface area contributed by atoms with Crippen molar-refractivity contribution in [3.8, 4) is 0 Å². The number of thioether (sulfide) groups is 2. The van der Waals surface area contributed by atoms with E-state index in [-0.39, 0.29) is 39.1 Å². The number of nitrogen functional groups attached to an aromatic ring is 1. The van der Waals surface area contributed by atoms with Crippen molar-refractivity contribution < 1.29 is 28.9 Å². The SMILES string of the molecule is CSCON=C(C(=O)NC1C(=O)N2C(C(=O)[O-])=C(C[n+]3ccccc3)CS[C@@H]12)c1nc(N)sc1Cl. The van der Waals surface area contributed by atoms with E-state index in [2.05, 4.69) is 15.5 Å². The number of thiazole rings is 1. The highest BCUT2D eigenvalue weighted by Crippen LogP contribution is 2.40. The molecule has 0 radical (unpaired) electrons. The Morgan fingerprint density at radius 3 is 2.80 bits per heavy atom. The van der Waals surface area contributed by atoms with Gasteiger partial charge in [0, 0.05) is 23.5 Å². The number of hydrogen-bond acceptors (Lipinski definition) is 11. The Balaban J connectivity index is 1.54. The van der Waals surface area contributed by atoms with Crippen molar-refractivity contribution in [1.29, 1.82) is 0 Å². The molecule has 2 atom stereocenters. The minimum Gasteiger partial charge on any atom is -0.543 e. The van der Waals surface area contributed by atoms with Crippen LogP contribution in [0, 0.1) is 0 Å². The van der Waals surface area contributed by atoms with Crippen LogP contribution in [0.4, 0.5) is 5.13 Å².